The number of ether oxygens (including phenoxy) is 1. The first kappa shape index (κ1) is 18.5. The summed E-state index contributed by atoms with van der Waals surface area (Å²) in [6, 6.07) is 19.0. The molecule has 1 aliphatic heterocycles. The second-order valence-electron chi connectivity index (χ2n) is 7.13. The van der Waals surface area contributed by atoms with Crippen molar-refractivity contribution in [2.75, 3.05) is 19.7 Å². The molecule has 0 aromatic heterocycles. The summed E-state index contributed by atoms with van der Waals surface area (Å²) < 4.78 is 5.89. The maximum atomic E-state index is 12.5. The zero-order chi connectivity index (χ0) is 18.4. The second kappa shape index (κ2) is 8.86. The maximum absolute atomic E-state index is 12.5. The van der Waals surface area contributed by atoms with E-state index in [9.17, 15) is 4.79 Å². The van der Waals surface area contributed by atoms with Crippen LogP contribution in [-0.2, 0) is 4.79 Å². The van der Waals surface area contributed by atoms with Gasteiger partial charge in [0.2, 0.25) is 0 Å². The van der Waals surface area contributed by atoms with Gasteiger partial charge in [0.05, 0.1) is 0 Å². The Bertz CT molecular complexity index is 707. The van der Waals surface area contributed by atoms with Crippen LogP contribution in [0.25, 0.3) is 11.1 Å². The van der Waals surface area contributed by atoms with Gasteiger partial charge in [0.25, 0.3) is 5.91 Å². The number of piperidine rings is 1. The van der Waals surface area contributed by atoms with E-state index in [-0.39, 0.29) is 12.5 Å². The van der Waals surface area contributed by atoms with Crippen molar-refractivity contribution >= 4 is 5.91 Å². The fourth-order valence-corrected chi connectivity index (χ4v) is 3.45. The Hall–Kier alpha value is -2.33. The number of rotatable bonds is 6. The topological polar surface area (TPSA) is 41.6 Å². The Morgan fingerprint density at radius 3 is 2.42 bits per heavy atom. The van der Waals surface area contributed by atoms with Crippen LogP contribution in [0.15, 0.2) is 54.6 Å². The van der Waals surface area contributed by atoms with E-state index < -0.39 is 0 Å². The molecule has 1 fully saturated rings. The molecule has 0 unspecified atom stereocenters. The third kappa shape index (κ3) is 4.85. The number of benzene rings is 2. The SMILES string of the molecule is CC(C)NC1CCN(C(=O)COc2ccccc2-c2ccccc2)CC1. The highest BCUT2D eigenvalue weighted by Crippen LogP contribution is 2.29. The van der Waals surface area contributed by atoms with E-state index in [4.69, 9.17) is 4.74 Å². The predicted molar refractivity (Wildman–Crippen MR) is 105 cm³/mol. The number of amides is 1. The van der Waals surface area contributed by atoms with Crippen LogP contribution in [-0.4, -0.2) is 42.6 Å². The van der Waals surface area contributed by atoms with Gasteiger partial charge >= 0.3 is 0 Å². The Morgan fingerprint density at radius 2 is 1.73 bits per heavy atom. The molecule has 4 nitrogen and oxygen atoms in total. The molecule has 26 heavy (non-hydrogen) atoms. The molecule has 0 aliphatic carbocycles. The van der Waals surface area contributed by atoms with Gasteiger partial charge in [-0.15, -0.1) is 0 Å². The molecule has 1 heterocycles. The lowest BCUT2D eigenvalue weighted by Crippen LogP contribution is -2.47. The van der Waals surface area contributed by atoms with Crippen LogP contribution in [0.3, 0.4) is 0 Å². The largest absolute Gasteiger partial charge is 0.483 e. The monoisotopic (exact) mass is 352 g/mol. The van der Waals surface area contributed by atoms with Gasteiger partial charge in [-0.25, -0.2) is 0 Å². The Kier molecular flexibility index (Phi) is 6.29. The zero-order valence-corrected chi connectivity index (χ0v) is 15.7. The molecule has 2 aromatic carbocycles. The maximum Gasteiger partial charge on any atom is 0.260 e. The second-order valence-corrected chi connectivity index (χ2v) is 7.13. The molecule has 1 N–H and O–H groups in total. The highest BCUT2D eigenvalue weighted by atomic mass is 16.5. The third-order valence-electron chi connectivity index (χ3n) is 4.74. The lowest BCUT2D eigenvalue weighted by atomic mass is 10.0. The fourth-order valence-electron chi connectivity index (χ4n) is 3.45. The van der Waals surface area contributed by atoms with Crippen molar-refractivity contribution in [3.63, 3.8) is 0 Å². The molecule has 0 spiro atoms. The molecule has 2 aromatic rings. The number of hydrogen-bond acceptors (Lipinski definition) is 3. The Labute approximate surface area is 156 Å². The molecular weight excluding hydrogens is 324 g/mol. The quantitative estimate of drug-likeness (QED) is 0.861. The molecule has 4 heteroatoms. The first-order valence-corrected chi connectivity index (χ1v) is 9.44. The number of nitrogens with zero attached hydrogens (tertiary/aromatic N) is 1. The number of nitrogens with one attached hydrogen (secondary N) is 1. The summed E-state index contributed by atoms with van der Waals surface area (Å²) in [6.45, 7) is 6.01. The lowest BCUT2D eigenvalue weighted by molar-refractivity contribution is -0.134. The van der Waals surface area contributed by atoms with Crippen molar-refractivity contribution in [1.29, 1.82) is 0 Å². The van der Waals surface area contributed by atoms with Crippen molar-refractivity contribution in [2.45, 2.75) is 38.8 Å². The van der Waals surface area contributed by atoms with Crippen LogP contribution < -0.4 is 10.1 Å². The van der Waals surface area contributed by atoms with Crippen molar-refractivity contribution in [2.24, 2.45) is 0 Å². The Balaban J connectivity index is 1.56. The molecule has 0 saturated carbocycles. The third-order valence-corrected chi connectivity index (χ3v) is 4.74. The molecule has 1 saturated heterocycles. The minimum atomic E-state index is 0.0656. The van der Waals surface area contributed by atoms with Gasteiger partial charge in [-0.05, 0) is 24.5 Å². The number of likely N-dealkylation sites (tertiary alicyclic amines) is 1. The van der Waals surface area contributed by atoms with Crippen molar-refractivity contribution in [1.82, 2.24) is 10.2 Å². The summed E-state index contributed by atoms with van der Waals surface area (Å²) in [6.07, 6.45) is 2.01. The minimum Gasteiger partial charge on any atom is -0.483 e. The van der Waals surface area contributed by atoms with Crippen LogP contribution in [0, 0.1) is 0 Å². The van der Waals surface area contributed by atoms with E-state index in [1.807, 2.05) is 47.4 Å². The first-order valence-electron chi connectivity index (χ1n) is 9.44. The summed E-state index contributed by atoms with van der Waals surface area (Å²) in [5.74, 6) is 0.819. The van der Waals surface area contributed by atoms with Gasteiger partial charge in [-0.3, -0.25) is 4.79 Å². The smallest absolute Gasteiger partial charge is 0.260 e. The van der Waals surface area contributed by atoms with Crippen molar-refractivity contribution in [3.05, 3.63) is 54.6 Å². The zero-order valence-electron chi connectivity index (χ0n) is 15.7. The lowest BCUT2D eigenvalue weighted by Gasteiger charge is -2.33. The average molecular weight is 352 g/mol. The summed E-state index contributed by atoms with van der Waals surface area (Å²) in [4.78, 5) is 14.4. The van der Waals surface area contributed by atoms with E-state index in [2.05, 4.69) is 31.3 Å². The summed E-state index contributed by atoms with van der Waals surface area (Å²) >= 11 is 0. The Morgan fingerprint density at radius 1 is 1.08 bits per heavy atom. The van der Waals surface area contributed by atoms with E-state index in [1.54, 1.807) is 0 Å². The molecule has 0 bridgehead atoms. The van der Waals surface area contributed by atoms with Gasteiger partial charge in [0, 0.05) is 30.7 Å². The number of hydrogen-bond donors (Lipinski definition) is 1. The molecule has 0 atom stereocenters. The summed E-state index contributed by atoms with van der Waals surface area (Å²) in [7, 11) is 0. The van der Waals surface area contributed by atoms with E-state index in [0.29, 0.717) is 12.1 Å². The van der Waals surface area contributed by atoms with Gasteiger partial charge < -0.3 is 15.0 Å². The standard InChI is InChI=1S/C22H28N2O2/c1-17(2)23-19-12-14-24(15-13-19)22(25)16-26-21-11-7-6-10-20(21)18-8-4-3-5-9-18/h3-11,17,19,23H,12-16H2,1-2H3. The first-order chi connectivity index (χ1) is 12.6. The van der Waals surface area contributed by atoms with E-state index in [0.717, 1.165) is 42.8 Å². The number of carbonyl (C=O) groups is 1. The fraction of sp³-hybridized carbons (Fsp3) is 0.409. The normalized spacial score (nSPS) is 15.3. The van der Waals surface area contributed by atoms with Crippen LogP contribution in [0.5, 0.6) is 5.75 Å². The number of para-hydroxylation sites is 1. The minimum absolute atomic E-state index is 0.0656. The van der Waals surface area contributed by atoms with Gasteiger partial charge in [0.15, 0.2) is 6.61 Å². The number of carbonyl (C=O) groups excluding carboxylic acids is 1. The van der Waals surface area contributed by atoms with Crippen molar-refractivity contribution in [3.8, 4) is 16.9 Å². The predicted octanol–water partition coefficient (Wildman–Crippen LogP) is 3.72. The van der Waals surface area contributed by atoms with E-state index in [1.165, 1.54) is 0 Å². The van der Waals surface area contributed by atoms with Crippen LogP contribution in [0.4, 0.5) is 0 Å². The van der Waals surface area contributed by atoms with E-state index >= 15 is 0 Å². The summed E-state index contributed by atoms with van der Waals surface area (Å²) in [5, 5.41) is 3.56. The van der Waals surface area contributed by atoms with Crippen LogP contribution >= 0.6 is 0 Å². The molecule has 1 aliphatic rings. The molecule has 3 rings (SSSR count). The van der Waals surface area contributed by atoms with Gasteiger partial charge in [-0.1, -0.05) is 62.4 Å². The summed E-state index contributed by atoms with van der Waals surface area (Å²) in [5.41, 5.74) is 2.11. The van der Waals surface area contributed by atoms with Crippen molar-refractivity contribution < 1.29 is 9.53 Å². The van der Waals surface area contributed by atoms with Crippen LogP contribution in [0.1, 0.15) is 26.7 Å². The van der Waals surface area contributed by atoms with Gasteiger partial charge in [-0.2, -0.15) is 0 Å². The highest BCUT2D eigenvalue weighted by molar-refractivity contribution is 5.78. The average Bonchev–Trinajstić information content (AvgIpc) is 2.67. The van der Waals surface area contributed by atoms with Gasteiger partial charge in [0.1, 0.15) is 5.75 Å². The molecule has 0 radical (unpaired) electrons. The van der Waals surface area contributed by atoms with Crippen LogP contribution in [0.2, 0.25) is 0 Å². The highest BCUT2D eigenvalue weighted by Gasteiger charge is 2.23. The molecular formula is C22H28N2O2. The molecule has 138 valence electrons. The molecule has 1 amide bonds.